The van der Waals surface area contributed by atoms with Crippen LogP contribution in [0.25, 0.3) is 0 Å². The number of carbonyl (C=O) groups is 1. The number of nitro groups is 1. The Morgan fingerprint density at radius 2 is 2.15 bits per heavy atom. The van der Waals surface area contributed by atoms with E-state index in [1.165, 1.54) is 24.4 Å². The van der Waals surface area contributed by atoms with Gasteiger partial charge < -0.3 is 5.32 Å². The highest BCUT2D eigenvalue weighted by Gasteiger charge is 2.16. The van der Waals surface area contributed by atoms with Crippen molar-refractivity contribution in [3.05, 3.63) is 61.8 Å². The van der Waals surface area contributed by atoms with Crippen molar-refractivity contribution in [2.45, 2.75) is 0 Å². The molecule has 0 aliphatic carbocycles. The molecule has 102 valence electrons. The van der Waals surface area contributed by atoms with Crippen molar-refractivity contribution in [1.82, 2.24) is 4.98 Å². The summed E-state index contributed by atoms with van der Waals surface area (Å²) in [5.74, 6) is -0.518. The lowest BCUT2D eigenvalue weighted by atomic mass is 10.2. The first-order chi connectivity index (χ1) is 9.49. The van der Waals surface area contributed by atoms with Crippen LogP contribution in [0, 0.1) is 10.1 Å². The zero-order valence-electron chi connectivity index (χ0n) is 9.84. The van der Waals surface area contributed by atoms with Crippen LogP contribution in [0.5, 0.6) is 0 Å². The van der Waals surface area contributed by atoms with Gasteiger partial charge in [0.2, 0.25) is 0 Å². The van der Waals surface area contributed by atoms with Gasteiger partial charge in [0.05, 0.1) is 16.2 Å². The van der Waals surface area contributed by atoms with Crippen molar-refractivity contribution in [2.75, 3.05) is 5.32 Å². The molecule has 0 saturated heterocycles. The molecule has 2 rings (SSSR count). The SMILES string of the molecule is O=C(Nc1cccnc1Cl)c1cc([N+](=O)[O-])ccc1Br. The number of nitrogens with zero attached hydrogens (tertiary/aromatic N) is 2. The van der Waals surface area contributed by atoms with E-state index >= 15 is 0 Å². The third-order valence-corrected chi connectivity index (χ3v) is 3.41. The summed E-state index contributed by atoms with van der Waals surface area (Å²) in [6.45, 7) is 0. The number of non-ortho nitro benzene ring substituents is 1. The van der Waals surface area contributed by atoms with Gasteiger partial charge in [-0.25, -0.2) is 4.98 Å². The van der Waals surface area contributed by atoms with Crippen LogP contribution < -0.4 is 5.32 Å². The molecular formula is C12H7BrClN3O3. The van der Waals surface area contributed by atoms with Crippen LogP contribution in [0.3, 0.4) is 0 Å². The topological polar surface area (TPSA) is 85.1 Å². The molecule has 1 aromatic heterocycles. The Kier molecular flexibility index (Phi) is 4.31. The highest BCUT2D eigenvalue weighted by Crippen LogP contribution is 2.25. The molecule has 1 aromatic carbocycles. The van der Waals surface area contributed by atoms with E-state index in [9.17, 15) is 14.9 Å². The molecule has 6 nitrogen and oxygen atoms in total. The molecule has 0 atom stereocenters. The Labute approximate surface area is 127 Å². The van der Waals surface area contributed by atoms with E-state index in [1.807, 2.05) is 0 Å². The number of hydrogen-bond acceptors (Lipinski definition) is 4. The smallest absolute Gasteiger partial charge is 0.270 e. The first-order valence-corrected chi connectivity index (χ1v) is 6.52. The van der Waals surface area contributed by atoms with Crippen molar-refractivity contribution in [3.8, 4) is 0 Å². The molecule has 0 fully saturated rings. The molecule has 0 aliphatic rings. The highest BCUT2D eigenvalue weighted by molar-refractivity contribution is 9.10. The fourth-order valence-electron chi connectivity index (χ4n) is 1.47. The Bertz CT molecular complexity index is 693. The lowest BCUT2D eigenvalue weighted by Crippen LogP contribution is -2.13. The first-order valence-electron chi connectivity index (χ1n) is 5.35. The molecule has 1 amide bonds. The molecular weight excluding hydrogens is 350 g/mol. The Balaban J connectivity index is 2.32. The second kappa shape index (κ2) is 5.98. The van der Waals surface area contributed by atoms with Crippen molar-refractivity contribution < 1.29 is 9.72 Å². The average Bonchev–Trinajstić information content (AvgIpc) is 2.41. The van der Waals surface area contributed by atoms with E-state index in [0.717, 1.165) is 0 Å². The molecule has 2 aromatic rings. The van der Waals surface area contributed by atoms with Crippen LogP contribution >= 0.6 is 27.5 Å². The molecule has 1 heterocycles. The summed E-state index contributed by atoms with van der Waals surface area (Å²) < 4.78 is 0.445. The summed E-state index contributed by atoms with van der Waals surface area (Å²) in [5, 5.41) is 13.4. The van der Waals surface area contributed by atoms with Gasteiger partial charge >= 0.3 is 0 Å². The van der Waals surface area contributed by atoms with Crippen molar-refractivity contribution in [3.63, 3.8) is 0 Å². The number of pyridine rings is 1. The largest absolute Gasteiger partial charge is 0.319 e. The van der Waals surface area contributed by atoms with Gasteiger partial charge in [0.1, 0.15) is 0 Å². The second-order valence-electron chi connectivity index (χ2n) is 3.72. The fourth-order valence-corrected chi connectivity index (χ4v) is 2.06. The van der Waals surface area contributed by atoms with Gasteiger partial charge in [-0.3, -0.25) is 14.9 Å². The maximum atomic E-state index is 12.1. The quantitative estimate of drug-likeness (QED) is 0.516. The molecule has 8 heteroatoms. The van der Waals surface area contributed by atoms with Crippen molar-refractivity contribution in [2.24, 2.45) is 0 Å². The molecule has 0 unspecified atom stereocenters. The van der Waals surface area contributed by atoms with E-state index in [4.69, 9.17) is 11.6 Å². The van der Waals surface area contributed by atoms with Crippen molar-refractivity contribution >= 4 is 44.8 Å². The molecule has 0 bridgehead atoms. The lowest BCUT2D eigenvalue weighted by Gasteiger charge is -2.07. The number of benzene rings is 1. The van der Waals surface area contributed by atoms with Crippen LogP contribution in [-0.2, 0) is 0 Å². The lowest BCUT2D eigenvalue weighted by molar-refractivity contribution is -0.384. The van der Waals surface area contributed by atoms with Gasteiger partial charge in [0, 0.05) is 22.8 Å². The maximum absolute atomic E-state index is 12.1. The van der Waals surface area contributed by atoms with E-state index in [0.29, 0.717) is 10.2 Å². The number of hydrogen-bond donors (Lipinski definition) is 1. The fraction of sp³-hybridized carbons (Fsp3) is 0. The minimum atomic E-state index is -0.569. The Morgan fingerprint density at radius 3 is 2.80 bits per heavy atom. The van der Waals surface area contributed by atoms with Gasteiger partial charge in [-0.2, -0.15) is 0 Å². The van der Waals surface area contributed by atoms with Gasteiger partial charge in [-0.05, 0) is 34.1 Å². The van der Waals surface area contributed by atoms with E-state index in [-0.39, 0.29) is 16.4 Å². The normalized spacial score (nSPS) is 10.1. The molecule has 20 heavy (non-hydrogen) atoms. The summed E-state index contributed by atoms with van der Waals surface area (Å²) in [7, 11) is 0. The Hall–Kier alpha value is -1.99. The third kappa shape index (κ3) is 3.12. The van der Waals surface area contributed by atoms with E-state index in [2.05, 4.69) is 26.2 Å². The zero-order valence-corrected chi connectivity index (χ0v) is 12.2. The number of aromatic nitrogens is 1. The monoisotopic (exact) mass is 355 g/mol. The van der Waals surface area contributed by atoms with E-state index < -0.39 is 10.8 Å². The van der Waals surface area contributed by atoms with Crippen LogP contribution in [0.15, 0.2) is 41.0 Å². The summed E-state index contributed by atoms with van der Waals surface area (Å²) >= 11 is 9.01. The van der Waals surface area contributed by atoms with Crippen LogP contribution in [0.2, 0.25) is 5.15 Å². The van der Waals surface area contributed by atoms with Crippen LogP contribution in [-0.4, -0.2) is 15.8 Å². The van der Waals surface area contributed by atoms with Gasteiger partial charge in [0.25, 0.3) is 11.6 Å². The number of amides is 1. The highest BCUT2D eigenvalue weighted by atomic mass is 79.9. The zero-order chi connectivity index (χ0) is 14.7. The van der Waals surface area contributed by atoms with Gasteiger partial charge in [0.15, 0.2) is 5.15 Å². The molecule has 1 N–H and O–H groups in total. The maximum Gasteiger partial charge on any atom is 0.270 e. The number of carbonyl (C=O) groups excluding carboxylic acids is 1. The number of halogens is 2. The van der Waals surface area contributed by atoms with Gasteiger partial charge in [-0.15, -0.1) is 0 Å². The minimum absolute atomic E-state index is 0.138. The summed E-state index contributed by atoms with van der Waals surface area (Å²) in [6.07, 6.45) is 1.49. The summed E-state index contributed by atoms with van der Waals surface area (Å²) in [4.78, 5) is 26.1. The molecule has 0 saturated carbocycles. The van der Waals surface area contributed by atoms with Crippen molar-refractivity contribution in [1.29, 1.82) is 0 Å². The second-order valence-corrected chi connectivity index (χ2v) is 4.93. The number of anilines is 1. The summed E-state index contributed by atoms with van der Waals surface area (Å²) in [6, 6.07) is 7.13. The van der Waals surface area contributed by atoms with Crippen LogP contribution in [0.1, 0.15) is 10.4 Å². The minimum Gasteiger partial charge on any atom is -0.319 e. The molecule has 0 spiro atoms. The summed E-state index contributed by atoms with van der Waals surface area (Å²) in [5.41, 5.74) is 0.298. The van der Waals surface area contributed by atoms with E-state index in [1.54, 1.807) is 12.1 Å². The third-order valence-electron chi connectivity index (χ3n) is 2.41. The Morgan fingerprint density at radius 1 is 1.40 bits per heavy atom. The predicted molar refractivity (Wildman–Crippen MR) is 78.0 cm³/mol. The number of rotatable bonds is 3. The van der Waals surface area contributed by atoms with Crippen LogP contribution in [0.4, 0.5) is 11.4 Å². The average molecular weight is 357 g/mol. The standard InChI is InChI=1S/C12H7BrClN3O3/c13-9-4-3-7(17(19)20)6-8(9)12(18)16-10-2-1-5-15-11(10)14/h1-6H,(H,16,18). The molecule has 0 aliphatic heterocycles. The first kappa shape index (κ1) is 14.4. The molecule has 0 radical (unpaired) electrons. The van der Waals surface area contributed by atoms with Gasteiger partial charge in [-0.1, -0.05) is 11.6 Å². The predicted octanol–water partition coefficient (Wildman–Crippen LogP) is 3.66. The number of nitro benzene ring substituents is 1. The number of nitrogens with one attached hydrogen (secondary N) is 1.